The number of nitrogens with zero attached hydrogens (tertiary/aromatic N) is 4. The van der Waals surface area contributed by atoms with E-state index >= 15 is 0 Å². The second kappa shape index (κ2) is 12.1. The molecule has 2 atom stereocenters. The van der Waals surface area contributed by atoms with Gasteiger partial charge in [0.25, 0.3) is 10.0 Å². The Bertz CT molecular complexity index is 1290. The van der Waals surface area contributed by atoms with Crippen molar-refractivity contribution in [1.29, 1.82) is 0 Å². The lowest BCUT2D eigenvalue weighted by atomic mass is 10.0. The Kier molecular flexibility index (Phi) is 9.39. The predicted molar refractivity (Wildman–Crippen MR) is 138 cm³/mol. The number of sulfonamides is 1. The molecular formula is C24H32ClN5O7S. The summed E-state index contributed by atoms with van der Waals surface area (Å²) >= 11 is 6.28. The van der Waals surface area contributed by atoms with E-state index in [1.807, 2.05) is 0 Å². The average molecular weight is 570 g/mol. The maximum Gasteiger partial charge on any atom is 0.414 e. The van der Waals surface area contributed by atoms with Crippen molar-refractivity contribution < 1.29 is 32.3 Å². The van der Waals surface area contributed by atoms with Gasteiger partial charge >= 0.3 is 12.1 Å². The fourth-order valence-corrected chi connectivity index (χ4v) is 5.75. The number of hydrogen-bond donors (Lipinski definition) is 1. The summed E-state index contributed by atoms with van der Waals surface area (Å²) in [6, 6.07) is 2.50. The lowest BCUT2D eigenvalue weighted by Crippen LogP contribution is -2.52. The van der Waals surface area contributed by atoms with Crippen LogP contribution in [0, 0.1) is 0 Å². The molecule has 0 radical (unpaired) electrons. The number of hydrogen-bond acceptors (Lipinski definition) is 8. The number of aryl methyl sites for hydroxylation is 1. The van der Waals surface area contributed by atoms with E-state index in [0.717, 1.165) is 4.31 Å². The van der Waals surface area contributed by atoms with Crippen LogP contribution in [0.4, 0.5) is 4.79 Å². The molecule has 2 heterocycles. The van der Waals surface area contributed by atoms with Crippen LogP contribution >= 0.6 is 11.6 Å². The van der Waals surface area contributed by atoms with Gasteiger partial charge in [-0.1, -0.05) is 17.7 Å². The molecule has 1 N–H and O–H groups in total. The number of aromatic nitrogens is 2. The van der Waals surface area contributed by atoms with E-state index in [-0.39, 0.29) is 28.8 Å². The number of rotatable bonds is 9. The lowest BCUT2D eigenvalue weighted by molar-refractivity contribution is -0.151. The molecule has 2 aromatic rings. The van der Waals surface area contributed by atoms with E-state index in [4.69, 9.17) is 21.1 Å². The normalized spacial score (nSPS) is 16.8. The molecule has 1 aromatic heterocycles. The maximum atomic E-state index is 13.3. The summed E-state index contributed by atoms with van der Waals surface area (Å²) in [7, 11) is 0.705. The molecule has 3 rings (SSSR count). The van der Waals surface area contributed by atoms with Gasteiger partial charge in [0, 0.05) is 40.3 Å². The van der Waals surface area contributed by atoms with Crippen LogP contribution in [0.2, 0.25) is 5.02 Å². The summed E-state index contributed by atoms with van der Waals surface area (Å²) in [5.41, 5.74) is 0.565. The predicted octanol–water partition coefficient (Wildman–Crippen LogP) is 1.97. The van der Waals surface area contributed by atoms with Gasteiger partial charge in [-0.05, 0) is 44.4 Å². The highest BCUT2D eigenvalue weighted by Crippen LogP contribution is 2.28. The van der Waals surface area contributed by atoms with Crippen LogP contribution in [0.25, 0.3) is 0 Å². The third-order valence-corrected chi connectivity index (χ3v) is 7.80. The summed E-state index contributed by atoms with van der Waals surface area (Å²) in [6.07, 6.45) is 2.48. The van der Waals surface area contributed by atoms with Crippen LogP contribution in [-0.4, -0.2) is 84.0 Å². The number of carbonyl (C=O) groups is 3. The number of carbonyl (C=O) groups excluding carboxylic acids is 3. The molecule has 1 aromatic carbocycles. The van der Waals surface area contributed by atoms with Gasteiger partial charge in [0.1, 0.15) is 12.1 Å². The summed E-state index contributed by atoms with van der Waals surface area (Å²) in [5, 5.41) is 2.66. The number of nitrogens with one attached hydrogen (secondary N) is 1. The van der Waals surface area contributed by atoms with Crippen molar-refractivity contribution in [2.75, 3.05) is 20.6 Å². The minimum atomic E-state index is -4.01. The highest BCUT2D eigenvalue weighted by Gasteiger charge is 2.41. The largest absolute Gasteiger partial charge is 0.461 e. The number of halogens is 1. The first-order valence-corrected chi connectivity index (χ1v) is 13.8. The van der Waals surface area contributed by atoms with E-state index in [9.17, 15) is 22.8 Å². The van der Waals surface area contributed by atoms with Gasteiger partial charge in [-0.25, -0.2) is 23.0 Å². The highest BCUT2D eigenvalue weighted by atomic mass is 35.5. The van der Waals surface area contributed by atoms with Crippen molar-refractivity contribution in [3.05, 3.63) is 41.3 Å². The van der Waals surface area contributed by atoms with Gasteiger partial charge in [0.2, 0.25) is 5.91 Å². The molecule has 0 unspecified atom stereocenters. The molecule has 0 saturated carbocycles. The van der Waals surface area contributed by atoms with Crippen molar-refractivity contribution >= 4 is 39.6 Å². The third kappa shape index (κ3) is 7.03. The van der Waals surface area contributed by atoms with Gasteiger partial charge < -0.3 is 24.3 Å². The van der Waals surface area contributed by atoms with Gasteiger partial charge in [-0.15, -0.1) is 0 Å². The summed E-state index contributed by atoms with van der Waals surface area (Å²) in [6.45, 7) is 3.51. The van der Waals surface area contributed by atoms with E-state index in [1.165, 1.54) is 48.2 Å². The topological polar surface area (TPSA) is 140 Å². The minimum Gasteiger partial charge on any atom is -0.461 e. The average Bonchev–Trinajstić information content (AvgIpc) is 3.50. The molecule has 12 nitrogen and oxygen atoms in total. The third-order valence-electron chi connectivity index (χ3n) is 5.71. The smallest absolute Gasteiger partial charge is 0.414 e. The Labute approximate surface area is 226 Å². The molecule has 38 heavy (non-hydrogen) atoms. The second-order valence-electron chi connectivity index (χ2n) is 9.43. The molecule has 1 saturated heterocycles. The monoisotopic (exact) mass is 569 g/mol. The lowest BCUT2D eigenvalue weighted by Gasteiger charge is -2.25. The minimum absolute atomic E-state index is 0.0125. The molecular weight excluding hydrogens is 538 g/mol. The quantitative estimate of drug-likeness (QED) is 0.452. The summed E-state index contributed by atoms with van der Waals surface area (Å²) in [4.78, 5) is 43.2. The van der Waals surface area contributed by atoms with Gasteiger partial charge in [-0.3, -0.25) is 4.79 Å². The molecule has 0 bridgehead atoms. The zero-order valence-electron chi connectivity index (χ0n) is 21.9. The summed E-state index contributed by atoms with van der Waals surface area (Å²) < 4.78 is 39.4. The summed E-state index contributed by atoms with van der Waals surface area (Å²) in [5.74, 6) is -1.15. The Morgan fingerprint density at radius 2 is 1.97 bits per heavy atom. The van der Waals surface area contributed by atoms with Gasteiger partial charge in [0.15, 0.2) is 10.8 Å². The van der Waals surface area contributed by atoms with E-state index in [2.05, 4.69) is 10.3 Å². The zero-order valence-corrected chi connectivity index (χ0v) is 23.5. The molecule has 1 aliphatic rings. The van der Waals surface area contributed by atoms with Gasteiger partial charge in [-0.2, -0.15) is 4.31 Å². The zero-order chi connectivity index (χ0) is 28.2. The van der Waals surface area contributed by atoms with Crippen LogP contribution in [0.1, 0.15) is 32.3 Å². The first kappa shape index (κ1) is 29.4. The molecule has 2 amide bonds. The molecule has 0 spiro atoms. The number of benzene rings is 1. The van der Waals surface area contributed by atoms with E-state index < -0.39 is 46.2 Å². The van der Waals surface area contributed by atoms with Crippen LogP contribution < -0.4 is 10.1 Å². The Balaban J connectivity index is 1.80. The fraction of sp³-hybridized carbons (Fsp3) is 0.500. The Morgan fingerprint density at radius 3 is 2.55 bits per heavy atom. The molecule has 14 heteroatoms. The van der Waals surface area contributed by atoms with Crippen LogP contribution in [0.5, 0.6) is 5.75 Å². The molecule has 1 fully saturated rings. The van der Waals surface area contributed by atoms with E-state index in [0.29, 0.717) is 18.4 Å². The number of amides is 2. The standard InChI is InChI=1S/C24H32ClN5O7S/c1-15(2)36-23(32)18(12-16-8-9-20(17(25)11-16)37-24(33)28(3)4)27-22(31)19-7-6-10-30(19)38(34,35)21-13-29(5)14-26-21/h8-9,11,13-15,18-19H,6-7,10,12H2,1-5H3,(H,27,31)/t18-,19-/m0/s1. The van der Waals surface area contributed by atoms with Gasteiger partial charge in [0.05, 0.1) is 17.5 Å². The molecule has 1 aliphatic heterocycles. The first-order valence-electron chi connectivity index (χ1n) is 12.0. The Morgan fingerprint density at radius 1 is 1.26 bits per heavy atom. The van der Waals surface area contributed by atoms with Crippen molar-refractivity contribution in [3.8, 4) is 5.75 Å². The first-order chi connectivity index (χ1) is 17.8. The highest BCUT2D eigenvalue weighted by molar-refractivity contribution is 7.89. The molecule has 0 aliphatic carbocycles. The SMILES string of the molecule is CC(C)OC(=O)[C@H](Cc1ccc(OC(=O)N(C)C)c(Cl)c1)NC(=O)[C@@H]1CCCN1S(=O)(=O)c1cn(C)cn1. The van der Waals surface area contributed by atoms with Crippen molar-refractivity contribution in [2.24, 2.45) is 7.05 Å². The molecule has 208 valence electrons. The van der Waals surface area contributed by atoms with Crippen molar-refractivity contribution in [1.82, 2.24) is 24.1 Å². The number of esters is 1. The van der Waals surface area contributed by atoms with Crippen LogP contribution in [-0.2, 0) is 37.8 Å². The van der Waals surface area contributed by atoms with Crippen LogP contribution in [0.3, 0.4) is 0 Å². The van der Waals surface area contributed by atoms with Crippen molar-refractivity contribution in [3.63, 3.8) is 0 Å². The second-order valence-corrected chi connectivity index (χ2v) is 11.7. The van der Waals surface area contributed by atoms with Crippen LogP contribution in [0.15, 0.2) is 35.7 Å². The Hall–Kier alpha value is -3.16. The number of ether oxygens (including phenoxy) is 2. The van der Waals surface area contributed by atoms with E-state index in [1.54, 1.807) is 27.0 Å². The fourth-order valence-electron chi connectivity index (χ4n) is 3.88. The maximum absolute atomic E-state index is 13.3. The van der Waals surface area contributed by atoms with Crippen molar-refractivity contribution in [2.45, 2.75) is 56.3 Å². The number of imidazole rings is 1.